The molecule has 128 valence electrons. The molecule has 3 rings (SSSR count). The molecular formula is C17H12Cl2FN3O2. The highest BCUT2D eigenvalue weighted by Gasteiger charge is 2.19. The predicted octanol–water partition coefficient (Wildman–Crippen LogP) is 4.45. The second kappa shape index (κ2) is 7.21. The maximum absolute atomic E-state index is 13.9. The van der Waals surface area contributed by atoms with Gasteiger partial charge in [0.2, 0.25) is 11.7 Å². The van der Waals surface area contributed by atoms with Crippen molar-refractivity contribution < 1.29 is 13.7 Å². The van der Waals surface area contributed by atoms with Crippen LogP contribution in [0.4, 0.5) is 4.39 Å². The topological polar surface area (TPSA) is 59.2 Å². The van der Waals surface area contributed by atoms with Crippen molar-refractivity contribution >= 4 is 29.1 Å². The normalized spacial score (nSPS) is 10.7. The van der Waals surface area contributed by atoms with Crippen molar-refractivity contribution in [2.24, 2.45) is 0 Å². The van der Waals surface area contributed by atoms with Gasteiger partial charge >= 0.3 is 0 Å². The Morgan fingerprint density at radius 1 is 1.20 bits per heavy atom. The first kappa shape index (κ1) is 17.4. The number of hydrogen-bond acceptors (Lipinski definition) is 4. The minimum atomic E-state index is -0.686. The van der Waals surface area contributed by atoms with E-state index in [1.165, 1.54) is 24.1 Å². The molecule has 1 amide bonds. The van der Waals surface area contributed by atoms with E-state index < -0.39 is 11.7 Å². The van der Waals surface area contributed by atoms with Crippen LogP contribution in [-0.4, -0.2) is 28.0 Å². The van der Waals surface area contributed by atoms with Crippen LogP contribution in [0.25, 0.3) is 11.4 Å². The lowest BCUT2D eigenvalue weighted by Gasteiger charge is -2.15. The number of carbonyl (C=O) groups is 1. The summed E-state index contributed by atoms with van der Waals surface area (Å²) in [7, 11) is 1.51. The number of aromatic nitrogens is 2. The van der Waals surface area contributed by atoms with Crippen molar-refractivity contribution in [3.8, 4) is 11.4 Å². The molecule has 1 aromatic heterocycles. The van der Waals surface area contributed by atoms with E-state index >= 15 is 0 Å². The van der Waals surface area contributed by atoms with Crippen LogP contribution in [-0.2, 0) is 6.54 Å². The number of nitrogens with zero attached hydrogens (tertiary/aromatic N) is 3. The minimum absolute atomic E-state index is 0.0362. The Morgan fingerprint density at radius 3 is 2.68 bits per heavy atom. The van der Waals surface area contributed by atoms with Crippen LogP contribution in [0.5, 0.6) is 0 Å². The third-order valence-electron chi connectivity index (χ3n) is 3.43. The molecule has 0 unspecified atom stereocenters. The van der Waals surface area contributed by atoms with Gasteiger partial charge in [-0.05, 0) is 30.3 Å². The van der Waals surface area contributed by atoms with Gasteiger partial charge < -0.3 is 9.42 Å². The molecule has 0 aliphatic rings. The quantitative estimate of drug-likeness (QED) is 0.671. The smallest absolute Gasteiger partial charge is 0.257 e. The van der Waals surface area contributed by atoms with Crippen LogP contribution in [0, 0.1) is 5.82 Å². The molecule has 0 saturated carbocycles. The van der Waals surface area contributed by atoms with Gasteiger partial charge in [0.1, 0.15) is 5.82 Å². The molecule has 25 heavy (non-hydrogen) atoms. The van der Waals surface area contributed by atoms with Gasteiger partial charge in [-0.2, -0.15) is 4.98 Å². The van der Waals surface area contributed by atoms with E-state index in [2.05, 4.69) is 10.1 Å². The number of hydrogen-bond donors (Lipinski definition) is 0. The van der Waals surface area contributed by atoms with E-state index in [0.717, 1.165) is 6.07 Å². The fourth-order valence-electron chi connectivity index (χ4n) is 2.21. The molecule has 3 aromatic rings. The summed E-state index contributed by atoms with van der Waals surface area (Å²) in [5, 5.41) is 4.64. The maximum atomic E-state index is 13.9. The first-order chi connectivity index (χ1) is 11.9. The van der Waals surface area contributed by atoms with Gasteiger partial charge in [-0.3, -0.25) is 4.79 Å². The SMILES string of the molecule is CN(Cc1nc(-c2cccc(Cl)c2)no1)C(=O)c1ccc(Cl)cc1F. The van der Waals surface area contributed by atoms with Gasteiger partial charge in [0.15, 0.2) is 0 Å². The first-order valence-corrected chi connectivity index (χ1v) is 7.98. The second-order valence-corrected chi connectivity index (χ2v) is 6.18. The third-order valence-corrected chi connectivity index (χ3v) is 3.90. The fourth-order valence-corrected chi connectivity index (χ4v) is 2.56. The van der Waals surface area contributed by atoms with Crippen LogP contribution in [0.3, 0.4) is 0 Å². The molecule has 0 aliphatic carbocycles. The predicted molar refractivity (Wildman–Crippen MR) is 92.0 cm³/mol. The van der Waals surface area contributed by atoms with Gasteiger partial charge in [-0.1, -0.05) is 40.5 Å². The van der Waals surface area contributed by atoms with Crippen molar-refractivity contribution in [2.45, 2.75) is 6.54 Å². The molecule has 0 aliphatic heterocycles. The van der Waals surface area contributed by atoms with E-state index in [4.69, 9.17) is 27.7 Å². The van der Waals surface area contributed by atoms with Gasteiger partial charge in [-0.15, -0.1) is 0 Å². The standard InChI is InChI=1S/C17H12Cl2FN3O2/c1-23(17(24)13-6-5-12(19)8-14(13)20)9-15-21-16(22-25-15)10-3-2-4-11(18)7-10/h2-8H,9H2,1H3. The Morgan fingerprint density at radius 2 is 1.96 bits per heavy atom. The number of carbonyl (C=O) groups excluding carboxylic acids is 1. The number of halogens is 3. The Balaban J connectivity index is 1.75. The summed E-state index contributed by atoms with van der Waals surface area (Å²) in [4.78, 5) is 17.8. The highest BCUT2D eigenvalue weighted by molar-refractivity contribution is 6.31. The van der Waals surface area contributed by atoms with Crippen molar-refractivity contribution in [1.82, 2.24) is 15.0 Å². The molecule has 0 fully saturated rings. The molecule has 8 heteroatoms. The Hall–Kier alpha value is -2.44. The van der Waals surface area contributed by atoms with E-state index in [1.54, 1.807) is 24.3 Å². The van der Waals surface area contributed by atoms with Crippen LogP contribution in [0.2, 0.25) is 10.0 Å². The summed E-state index contributed by atoms with van der Waals surface area (Å²) < 4.78 is 19.0. The molecule has 0 N–H and O–H groups in total. The van der Waals surface area contributed by atoms with E-state index in [1.807, 2.05) is 0 Å². The van der Waals surface area contributed by atoms with Gasteiger partial charge in [0, 0.05) is 22.7 Å². The molecule has 5 nitrogen and oxygen atoms in total. The lowest BCUT2D eigenvalue weighted by molar-refractivity contribution is 0.0765. The van der Waals surface area contributed by atoms with Gasteiger partial charge in [-0.25, -0.2) is 4.39 Å². The average molecular weight is 380 g/mol. The molecule has 0 atom stereocenters. The van der Waals surface area contributed by atoms with E-state index in [-0.39, 0.29) is 23.0 Å². The molecule has 1 heterocycles. The summed E-state index contributed by atoms with van der Waals surface area (Å²) in [6.45, 7) is 0.0362. The summed E-state index contributed by atoms with van der Waals surface area (Å²) in [6.07, 6.45) is 0. The van der Waals surface area contributed by atoms with Gasteiger partial charge in [0.05, 0.1) is 12.1 Å². The maximum Gasteiger partial charge on any atom is 0.257 e. The fraction of sp³-hybridized carbons (Fsp3) is 0.118. The molecule has 0 saturated heterocycles. The first-order valence-electron chi connectivity index (χ1n) is 7.23. The second-order valence-electron chi connectivity index (χ2n) is 5.31. The average Bonchev–Trinajstić information content (AvgIpc) is 3.03. The number of rotatable bonds is 4. The Kier molecular flexibility index (Phi) is 5.01. The van der Waals surface area contributed by atoms with Crippen LogP contribution in [0.15, 0.2) is 47.0 Å². The van der Waals surface area contributed by atoms with Crippen LogP contribution >= 0.6 is 23.2 Å². The largest absolute Gasteiger partial charge is 0.337 e. The zero-order valence-corrected chi connectivity index (χ0v) is 14.6. The highest BCUT2D eigenvalue weighted by atomic mass is 35.5. The lowest BCUT2D eigenvalue weighted by atomic mass is 10.2. The monoisotopic (exact) mass is 379 g/mol. The van der Waals surface area contributed by atoms with Crippen molar-refractivity contribution in [3.63, 3.8) is 0 Å². The summed E-state index contributed by atoms with van der Waals surface area (Å²) in [5.74, 6) is -0.623. The van der Waals surface area contributed by atoms with Crippen LogP contribution in [0.1, 0.15) is 16.2 Å². The molecule has 0 radical (unpaired) electrons. The van der Waals surface area contributed by atoms with Crippen molar-refractivity contribution in [2.75, 3.05) is 7.05 Å². The molecular weight excluding hydrogens is 368 g/mol. The number of amides is 1. The Labute approximate surface area is 153 Å². The summed E-state index contributed by atoms with van der Waals surface area (Å²) >= 11 is 11.6. The molecule has 0 bridgehead atoms. The number of benzene rings is 2. The van der Waals surface area contributed by atoms with E-state index in [9.17, 15) is 9.18 Å². The molecule has 2 aromatic carbocycles. The van der Waals surface area contributed by atoms with E-state index in [0.29, 0.717) is 16.4 Å². The highest BCUT2D eigenvalue weighted by Crippen LogP contribution is 2.21. The third kappa shape index (κ3) is 3.97. The zero-order valence-electron chi connectivity index (χ0n) is 13.0. The van der Waals surface area contributed by atoms with Crippen molar-refractivity contribution in [1.29, 1.82) is 0 Å². The summed E-state index contributed by atoms with van der Waals surface area (Å²) in [5.41, 5.74) is 0.613. The lowest BCUT2D eigenvalue weighted by Crippen LogP contribution is -2.27. The molecule has 0 spiro atoms. The Bertz CT molecular complexity index is 930. The van der Waals surface area contributed by atoms with Crippen molar-refractivity contribution in [3.05, 3.63) is 69.8 Å². The minimum Gasteiger partial charge on any atom is -0.337 e. The summed E-state index contributed by atoms with van der Waals surface area (Å²) in [6, 6.07) is 10.9. The zero-order chi connectivity index (χ0) is 18.0. The van der Waals surface area contributed by atoms with Gasteiger partial charge in [0.25, 0.3) is 5.91 Å². The van der Waals surface area contributed by atoms with Crippen LogP contribution < -0.4 is 0 Å².